The number of carboxylic acid groups (broad SMARTS) is 1. The van der Waals surface area contributed by atoms with Crippen molar-refractivity contribution in [3.8, 4) is 0 Å². The van der Waals surface area contributed by atoms with Gasteiger partial charge < -0.3 is 14.6 Å². The maximum absolute atomic E-state index is 11.7. The van der Waals surface area contributed by atoms with Crippen LogP contribution in [0.5, 0.6) is 0 Å². The van der Waals surface area contributed by atoms with Gasteiger partial charge in [0.1, 0.15) is 0 Å². The molecule has 0 spiro atoms. The summed E-state index contributed by atoms with van der Waals surface area (Å²) in [6, 6.07) is 6.79. The quantitative estimate of drug-likeness (QED) is 0.584. The molecule has 132 valence electrons. The molecular weight excluding hydrogens is 314 g/mol. The smallest absolute Gasteiger partial charge is 0.414 e. The second-order valence-corrected chi connectivity index (χ2v) is 5.81. The van der Waals surface area contributed by atoms with Crippen LogP contribution in [0.25, 0.3) is 0 Å². The fraction of sp³-hybridized carbons (Fsp3) is 0.471. The summed E-state index contributed by atoms with van der Waals surface area (Å²) < 4.78 is 9.86. The van der Waals surface area contributed by atoms with E-state index in [1.165, 1.54) is 6.92 Å². The van der Waals surface area contributed by atoms with Crippen molar-refractivity contribution in [1.82, 2.24) is 0 Å². The first-order valence-electron chi connectivity index (χ1n) is 7.69. The van der Waals surface area contributed by atoms with Gasteiger partial charge in [-0.2, -0.15) is 0 Å². The fourth-order valence-electron chi connectivity index (χ4n) is 1.90. The highest BCUT2D eigenvalue weighted by atomic mass is 16.7. The van der Waals surface area contributed by atoms with E-state index in [4.69, 9.17) is 14.6 Å². The van der Waals surface area contributed by atoms with Crippen LogP contribution in [0, 0.1) is 5.92 Å². The maximum atomic E-state index is 11.7. The summed E-state index contributed by atoms with van der Waals surface area (Å²) in [6.07, 6.45) is -1.70. The highest BCUT2D eigenvalue weighted by Crippen LogP contribution is 2.21. The van der Waals surface area contributed by atoms with E-state index in [1.807, 2.05) is 6.92 Å². The molecule has 0 heterocycles. The summed E-state index contributed by atoms with van der Waals surface area (Å²) in [7, 11) is 0. The van der Waals surface area contributed by atoms with Gasteiger partial charge in [0.05, 0.1) is 12.3 Å². The van der Waals surface area contributed by atoms with E-state index in [1.54, 1.807) is 38.1 Å². The van der Waals surface area contributed by atoms with E-state index in [9.17, 15) is 14.4 Å². The molecule has 0 saturated heterocycles. The van der Waals surface area contributed by atoms with Crippen molar-refractivity contribution < 1.29 is 29.0 Å². The van der Waals surface area contributed by atoms with E-state index < -0.39 is 24.3 Å². The standard InChI is InChI=1S/C17H23NO6/c1-10(2)16(21)23-12(4)24-17(22)18-14-7-5-13(6-8-14)11(3)9-15(19)20/h5-8,10-12H,9H2,1-4H3,(H,18,22)(H,19,20)/t11-,12-/m1/s1. The minimum atomic E-state index is -0.991. The van der Waals surface area contributed by atoms with Gasteiger partial charge in [-0.15, -0.1) is 0 Å². The van der Waals surface area contributed by atoms with E-state index in [0.29, 0.717) is 5.69 Å². The molecule has 1 aromatic rings. The number of hydrogen-bond acceptors (Lipinski definition) is 5. The van der Waals surface area contributed by atoms with Crippen molar-refractivity contribution in [1.29, 1.82) is 0 Å². The Kier molecular flexibility index (Phi) is 7.23. The molecule has 7 nitrogen and oxygen atoms in total. The summed E-state index contributed by atoms with van der Waals surface area (Å²) in [5, 5.41) is 11.3. The molecule has 2 N–H and O–H groups in total. The number of nitrogens with one attached hydrogen (secondary N) is 1. The van der Waals surface area contributed by atoms with Crippen LogP contribution in [-0.4, -0.2) is 29.4 Å². The van der Waals surface area contributed by atoms with E-state index in [-0.39, 0.29) is 18.3 Å². The lowest BCUT2D eigenvalue weighted by atomic mass is 9.98. The number of benzene rings is 1. The van der Waals surface area contributed by atoms with Crippen LogP contribution in [0.4, 0.5) is 10.5 Å². The van der Waals surface area contributed by atoms with Crippen molar-refractivity contribution in [3.63, 3.8) is 0 Å². The van der Waals surface area contributed by atoms with E-state index in [2.05, 4.69) is 5.32 Å². The lowest BCUT2D eigenvalue weighted by Gasteiger charge is -2.16. The third-order valence-corrected chi connectivity index (χ3v) is 3.23. The number of amides is 1. The monoisotopic (exact) mass is 337 g/mol. The van der Waals surface area contributed by atoms with Gasteiger partial charge in [0.15, 0.2) is 0 Å². The van der Waals surface area contributed by atoms with Crippen molar-refractivity contribution in [2.24, 2.45) is 5.92 Å². The molecule has 24 heavy (non-hydrogen) atoms. The Hall–Kier alpha value is -2.57. The number of anilines is 1. The van der Waals surface area contributed by atoms with Crippen LogP contribution in [0.2, 0.25) is 0 Å². The molecule has 0 aliphatic rings. The van der Waals surface area contributed by atoms with Gasteiger partial charge in [-0.1, -0.05) is 32.9 Å². The Labute approximate surface area is 141 Å². The summed E-state index contributed by atoms with van der Waals surface area (Å²) in [6.45, 7) is 6.64. The molecule has 0 unspecified atom stereocenters. The van der Waals surface area contributed by atoms with Crippen molar-refractivity contribution in [2.45, 2.75) is 46.3 Å². The van der Waals surface area contributed by atoms with Crippen LogP contribution in [0.15, 0.2) is 24.3 Å². The van der Waals surface area contributed by atoms with Gasteiger partial charge in [-0.3, -0.25) is 14.9 Å². The van der Waals surface area contributed by atoms with Crippen LogP contribution in [0.3, 0.4) is 0 Å². The average Bonchev–Trinajstić information content (AvgIpc) is 2.46. The molecule has 7 heteroatoms. The van der Waals surface area contributed by atoms with Gasteiger partial charge in [-0.05, 0) is 23.6 Å². The molecule has 0 radical (unpaired) electrons. The SMILES string of the molecule is CC(C)C(=O)O[C@@H](C)OC(=O)Nc1ccc([C@H](C)CC(=O)O)cc1. The molecule has 1 amide bonds. The molecule has 0 fully saturated rings. The number of carbonyl (C=O) groups is 3. The maximum Gasteiger partial charge on any atom is 0.414 e. The number of aliphatic carboxylic acids is 1. The first kappa shape index (κ1) is 19.5. The fourth-order valence-corrected chi connectivity index (χ4v) is 1.90. The first-order valence-corrected chi connectivity index (χ1v) is 7.69. The van der Waals surface area contributed by atoms with Crippen molar-refractivity contribution >= 4 is 23.7 Å². The Bertz CT molecular complexity index is 581. The Morgan fingerprint density at radius 1 is 1.04 bits per heavy atom. The summed E-state index contributed by atoms with van der Waals surface area (Å²) in [5.74, 6) is -1.75. The number of esters is 1. The van der Waals surface area contributed by atoms with Crippen molar-refractivity contribution in [2.75, 3.05) is 5.32 Å². The third-order valence-electron chi connectivity index (χ3n) is 3.23. The van der Waals surface area contributed by atoms with Crippen LogP contribution in [0.1, 0.15) is 45.6 Å². The molecule has 0 aliphatic heterocycles. The molecule has 0 aromatic heterocycles. The largest absolute Gasteiger partial charge is 0.481 e. The summed E-state index contributed by atoms with van der Waals surface area (Å²) in [5.41, 5.74) is 1.35. The highest BCUT2D eigenvalue weighted by Gasteiger charge is 2.16. The summed E-state index contributed by atoms with van der Waals surface area (Å²) in [4.78, 5) is 33.8. The zero-order valence-corrected chi connectivity index (χ0v) is 14.2. The van der Waals surface area contributed by atoms with Crippen LogP contribution in [-0.2, 0) is 19.1 Å². The van der Waals surface area contributed by atoms with Gasteiger partial charge in [0, 0.05) is 12.6 Å². The Balaban J connectivity index is 2.52. The number of carbonyl (C=O) groups excluding carboxylic acids is 2. The normalized spacial score (nSPS) is 13.0. The van der Waals surface area contributed by atoms with Gasteiger partial charge >= 0.3 is 18.0 Å². The molecule has 0 saturated carbocycles. The Morgan fingerprint density at radius 2 is 1.62 bits per heavy atom. The number of rotatable bonds is 7. The van der Waals surface area contributed by atoms with E-state index >= 15 is 0 Å². The van der Waals surface area contributed by atoms with Gasteiger partial charge in [-0.25, -0.2) is 4.79 Å². The zero-order valence-electron chi connectivity index (χ0n) is 14.2. The van der Waals surface area contributed by atoms with Crippen LogP contribution < -0.4 is 5.32 Å². The van der Waals surface area contributed by atoms with Gasteiger partial charge in [0.2, 0.25) is 6.29 Å². The second-order valence-electron chi connectivity index (χ2n) is 5.81. The average molecular weight is 337 g/mol. The molecule has 2 atom stereocenters. The number of carboxylic acids is 1. The molecular formula is C17H23NO6. The predicted molar refractivity (Wildman–Crippen MR) is 87.6 cm³/mol. The molecule has 0 bridgehead atoms. The van der Waals surface area contributed by atoms with E-state index in [0.717, 1.165) is 5.56 Å². The van der Waals surface area contributed by atoms with Crippen molar-refractivity contribution in [3.05, 3.63) is 29.8 Å². The first-order chi connectivity index (χ1) is 11.2. The highest BCUT2D eigenvalue weighted by molar-refractivity contribution is 5.84. The van der Waals surface area contributed by atoms with Crippen LogP contribution >= 0.6 is 0 Å². The lowest BCUT2D eigenvalue weighted by molar-refractivity contribution is -0.168. The number of hydrogen-bond donors (Lipinski definition) is 2. The minimum absolute atomic E-state index is 0.0353. The van der Waals surface area contributed by atoms with Gasteiger partial charge in [0.25, 0.3) is 0 Å². The molecule has 0 aliphatic carbocycles. The predicted octanol–water partition coefficient (Wildman–Crippen LogP) is 3.36. The summed E-state index contributed by atoms with van der Waals surface area (Å²) >= 11 is 0. The number of ether oxygens (including phenoxy) is 2. The lowest BCUT2D eigenvalue weighted by Crippen LogP contribution is -2.26. The zero-order chi connectivity index (χ0) is 18.3. The second kappa shape index (κ2) is 8.90. The molecule has 1 rings (SSSR count). The third kappa shape index (κ3) is 6.68. The Morgan fingerprint density at radius 3 is 2.12 bits per heavy atom. The topological polar surface area (TPSA) is 102 Å². The minimum Gasteiger partial charge on any atom is -0.481 e. The molecule has 1 aromatic carbocycles.